The van der Waals surface area contributed by atoms with Crippen LogP contribution in [0.15, 0.2) is 67.6 Å². The number of nitrogens with one attached hydrogen (secondary N) is 2. The summed E-state index contributed by atoms with van der Waals surface area (Å²) in [7, 11) is 3.97. The van der Waals surface area contributed by atoms with E-state index in [1.807, 2.05) is 61.5 Å². The number of halogens is 1. The summed E-state index contributed by atoms with van der Waals surface area (Å²) >= 11 is 7.50. The van der Waals surface area contributed by atoms with Crippen molar-refractivity contribution in [3.63, 3.8) is 0 Å². The van der Waals surface area contributed by atoms with Gasteiger partial charge in [0.1, 0.15) is 0 Å². The number of aromatic nitrogens is 5. The van der Waals surface area contributed by atoms with Crippen molar-refractivity contribution in [3.8, 4) is 0 Å². The Morgan fingerprint density at radius 3 is 2.73 bits per heavy atom. The van der Waals surface area contributed by atoms with Crippen LogP contribution in [0.5, 0.6) is 0 Å². The van der Waals surface area contributed by atoms with Gasteiger partial charge in [-0.2, -0.15) is 5.10 Å². The molecule has 2 aromatic carbocycles. The third kappa shape index (κ3) is 7.92. The van der Waals surface area contributed by atoms with E-state index < -0.39 is 0 Å². The molecule has 2 heterocycles. The minimum atomic E-state index is -0.249. The second-order valence-corrected chi connectivity index (χ2v) is 11.7. The second-order valence-electron chi connectivity index (χ2n) is 7.66. The lowest BCUT2D eigenvalue weighted by Gasteiger charge is -2.11. The predicted octanol–water partition coefficient (Wildman–Crippen LogP) is 4.14. The van der Waals surface area contributed by atoms with Crippen LogP contribution < -0.4 is 21.5 Å². The molecule has 0 fully saturated rings. The van der Waals surface area contributed by atoms with Gasteiger partial charge in [-0.05, 0) is 35.4 Å². The molecule has 11 nitrogen and oxygen atoms in total. The maximum Gasteiger partial charge on any atom is 0.264 e. The predicted molar refractivity (Wildman–Crippen MR) is 155 cm³/mol. The van der Waals surface area contributed by atoms with E-state index in [-0.39, 0.29) is 17.6 Å². The molecule has 0 aliphatic rings. The first-order valence-corrected chi connectivity index (χ1v) is 14.4. The normalized spacial score (nSPS) is 11.1. The van der Waals surface area contributed by atoms with Crippen LogP contribution in [0.2, 0.25) is 0 Å². The molecule has 192 valence electrons. The van der Waals surface area contributed by atoms with Crippen molar-refractivity contribution < 1.29 is 4.79 Å². The molecular formula is C22H23BrN10OS3. The Morgan fingerprint density at radius 2 is 1.97 bits per heavy atom. The van der Waals surface area contributed by atoms with Gasteiger partial charge in [0.25, 0.3) is 5.95 Å². The standard InChI is InChI=1S/C22H23BrN10OS3/c1-32(2)17-8-6-14(7-9-17)11-25-27-19-28-30-21(33(19)24)35-13-18(34)26-20-29-31-22(37-20)36-12-15-4-3-5-16(23)10-15/h3-11H,12-13,24H2,1-2H3,(H,27,28)(H,26,29,34)/b25-11+. The van der Waals surface area contributed by atoms with Crippen molar-refractivity contribution in [2.75, 3.05) is 41.3 Å². The summed E-state index contributed by atoms with van der Waals surface area (Å²) in [6.07, 6.45) is 1.65. The highest BCUT2D eigenvalue weighted by atomic mass is 79.9. The summed E-state index contributed by atoms with van der Waals surface area (Å²) < 4.78 is 3.05. The number of carbonyl (C=O) groups is 1. The van der Waals surface area contributed by atoms with Gasteiger partial charge in [0, 0.05) is 30.0 Å². The number of thioether (sulfide) groups is 2. The van der Waals surface area contributed by atoms with Crippen LogP contribution in [0.25, 0.3) is 0 Å². The molecule has 0 radical (unpaired) electrons. The van der Waals surface area contributed by atoms with Gasteiger partial charge in [-0.3, -0.25) is 10.1 Å². The van der Waals surface area contributed by atoms with Crippen LogP contribution in [-0.4, -0.2) is 57.0 Å². The van der Waals surface area contributed by atoms with Crippen LogP contribution in [0.1, 0.15) is 11.1 Å². The molecule has 37 heavy (non-hydrogen) atoms. The number of hydrogen-bond donors (Lipinski definition) is 3. The molecule has 4 aromatic rings. The quantitative estimate of drug-likeness (QED) is 0.0738. The average molecular weight is 620 g/mol. The summed E-state index contributed by atoms with van der Waals surface area (Å²) in [5.74, 6) is 6.88. The van der Waals surface area contributed by atoms with Gasteiger partial charge in [0.15, 0.2) is 4.34 Å². The first kappa shape index (κ1) is 26.9. The van der Waals surface area contributed by atoms with E-state index in [1.54, 1.807) is 18.0 Å². The zero-order chi connectivity index (χ0) is 26.2. The fourth-order valence-corrected chi connectivity index (χ4v) is 5.66. The number of nitrogen functional groups attached to an aromatic ring is 1. The summed E-state index contributed by atoms with van der Waals surface area (Å²) in [5.41, 5.74) is 5.94. The zero-order valence-electron chi connectivity index (χ0n) is 19.8. The lowest BCUT2D eigenvalue weighted by Crippen LogP contribution is -2.16. The number of nitrogens with zero attached hydrogens (tertiary/aromatic N) is 7. The Hall–Kier alpha value is -3.14. The highest BCUT2D eigenvalue weighted by Gasteiger charge is 2.14. The minimum absolute atomic E-state index is 0.0803. The number of anilines is 3. The SMILES string of the molecule is CN(C)c1ccc(/C=N/Nc2nnc(SCC(=O)Nc3nnc(SCc4cccc(Br)c4)s3)n2N)cc1. The lowest BCUT2D eigenvalue weighted by molar-refractivity contribution is -0.113. The Kier molecular flexibility index (Phi) is 9.38. The molecule has 0 aliphatic carbocycles. The second kappa shape index (κ2) is 12.9. The first-order chi connectivity index (χ1) is 17.9. The van der Waals surface area contributed by atoms with Crippen molar-refractivity contribution >= 4 is 79.7 Å². The van der Waals surface area contributed by atoms with Crippen molar-refractivity contribution in [2.24, 2.45) is 5.10 Å². The van der Waals surface area contributed by atoms with E-state index in [4.69, 9.17) is 5.84 Å². The molecule has 2 aromatic heterocycles. The van der Waals surface area contributed by atoms with E-state index in [9.17, 15) is 4.79 Å². The van der Waals surface area contributed by atoms with E-state index in [0.717, 1.165) is 37.6 Å². The maximum absolute atomic E-state index is 12.4. The average Bonchev–Trinajstić information content (AvgIpc) is 3.48. The summed E-state index contributed by atoms with van der Waals surface area (Å²) in [6.45, 7) is 0. The van der Waals surface area contributed by atoms with Gasteiger partial charge < -0.3 is 10.7 Å². The van der Waals surface area contributed by atoms with Gasteiger partial charge in [-0.25, -0.2) is 10.1 Å². The van der Waals surface area contributed by atoms with Gasteiger partial charge >= 0.3 is 0 Å². The van der Waals surface area contributed by atoms with Crippen LogP contribution in [0.3, 0.4) is 0 Å². The highest BCUT2D eigenvalue weighted by Crippen LogP contribution is 2.29. The molecular weight excluding hydrogens is 596 g/mol. The van der Waals surface area contributed by atoms with Gasteiger partial charge in [-0.15, -0.1) is 20.4 Å². The van der Waals surface area contributed by atoms with Crippen LogP contribution >= 0.6 is 50.8 Å². The fraction of sp³-hybridized carbons (Fsp3) is 0.182. The monoisotopic (exact) mass is 618 g/mol. The zero-order valence-corrected chi connectivity index (χ0v) is 23.9. The molecule has 0 saturated heterocycles. The first-order valence-electron chi connectivity index (χ1n) is 10.8. The number of hydrogen-bond acceptors (Lipinski definition) is 12. The smallest absolute Gasteiger partial charge is 0.264 e. The van der Waals surface area contributed by atoms with E-state index in [0.29, 0.717) is 10.3 Å². The van der Waals surface area contributed by atoms with Crippen LogP contribution in [0.4, 0.5) is 16.8 Å². The topological polar surface area (TPSA) is 139 Å². The van der Waals surface area contributed by atoms with Gasteiger partial charge in [-0.1, -0.05) is 75.1 Å². The number of amides is 1. The van der Waals surface area contributed by atoms with E-state index in [1.165, 1.54) is 21.6 Å². The molecule has 15 heteroatoms. The van der Waals surface area contributed by atoms with E-state index >= 15 is 0 Å². The fourth-order valence-electron chi connectivity index (χ4n) is 2.85. The van der Waals surface area contributed by atoms with Crippen LogP contribution in [-0.2, 0) is 10.5 Å². The number of carbonyl (C=O) groups excluding carboxylic acids is 1. The van der Waals surface area contributed by atoms with Gasteiger partial charge in [0.05, 0.1) is 12.0 Å². The minimum Gasteiger partial charge on any atom is -0.378 e. The molecule has 0 unspecified atom stereocenters. The Bertz CT molecular complexity index is 1370. The van der Waals surface area contributed by atoms with Gasteiger partial charge in [0.2, 0.25) is 16.2 Å². The third-order valence-corrected chi connectivity index (χ3v) is 8.17. The highest BCUT2D eigenvalue weighted by molar-refractivity contribution is 9.10. The van der Waals surface area contributed by atoms with Crippen molar-refractivity contribution in [2.45, 2.75) is 15.2 Å². The Labute approximate surface area is 234 Å². The molecule has 0 aliphatic heterocycles. The summed E-state index contributed by atoms with van der Waals surface area (Å²) in [5, 5.41) is 23.9. The number of hydrazone groups is 1. The molecule has 0 atom stereocenters. The largest absolute Gasteiger partial charge is 0.378 e. The van der Waals surface area contributed by atoms with Crippen LogP contribution in [0, 0.1) is 0 Å². The van der Waals surface area contributed by atoms with Crippen molar-refractivity contribution in [1.29, 1.82) is 0 Å². The number of nitrogens with two attached hydrogens (primary N) is 1. The Morgan fingerprint density at radius 1 is 1.16 bits per heavy atom. The molecule has 0 bridgehead atoms. The van der Waals surface area contributed by atoms with E-state index in [2.05, 4.69) is 58.2 Å². The van der Waals surface area contributed by atoms with Crippen molar-refractivity contribution in [1.82, 2.24) is 25.1 Å². The van der Waals surface area contributed by atoms with Crippen molar-refractivity contribution in [3.05, 3.63) is 64.1 Å². The maximum atomic E-state index is 12.4. The number of benzene rings is 2. The molecule has 4 rings (SSSR count). The lowest BCUT2D eigenvalue weighted by atomic mass is 10.2. The number of rotatable bonds is 11. The summed E-state index contributed by atoms with van der Waals surface area (Å²) in [6, 6.07) is 16.0. The summed E-state index contributed by atoms with van der Waals surface area (Å²) in [4.78, 5) is 14.4. The Balaban J connectivity index is 1.23. The molecule has 4 N–H and O–H groups in total. The molecule has 0 spiro atoms. The molecule has 0 saturated carbocycles. The molecule has 1 amide bonds. The third-order valence-electron chi connectivity index (χ3n) is 4.69.